The maximum Gasteiger partial charge on any atom is 0.133 e. The molecule has 0 unspecified atom stereocenters. The highest BCUT2D eigenvalue weighted by Gasteiger charge is 2.01. The van der Waals surface area contributed by atoms with Crippen LogP contribution in [0.25, 0.3) is 0 Å². The third kappa shape index (κ3) is 2.30. The van der Waals surface area contributed by atoms with Crippen LogP contribution >= 0.6 is 27.3 Å². The first kappa shape index (κ1) is 9.61. The summed E-state index contributed by atoms with van der Waals surface area (Å²) in [5, 5.41) is 2.05. The monoisotopic (exact) mass is 269 g/mol. The first-order valence-corrected chi connectivity index (χ1v) is 5.70. The fourth-order valence-corrected chi connectivity index (χ4v) is 2.51. The molecule has 0 radical (unpaired) electrons. The van der Waals surface area contributed by atoms with Crippen molar-refractivity contribution in [2.24, 2.45) is 0 Å². The first-order valence-electron chi connectivity index (χ1n) is 4.03. The minimum atomic E-state index is 0.598. The Morgan fingerprint density at radius 2 is 2.07 bits per heavy atom. The van der Waals surface area contributed by atoms with Crippen molar-refractivity contribution >= 4 is 33.0 Å². The van der Waals surface area contributed by atoms with E-state index in [1.807, 2.05) is 5.38 Å². The molecule has 2 heterocycles. The summed E-state index contributed by atoms with van der Waals surface area (Å²) in [6, 6.07) is 2.07. The van der Waals surface area contributed by atoms with E-state index in [9.17, 15) is 0 Å². The smallest absolute Gasteiger partial charge is 0.133 e. The average Bonchev–Trinajstić information content (AvgIpc) is 2.56. The highest BCUT2D eigenvalue weighted by molar-refractivity contribution is 9.10. The van der Waals surface area contributed by atoms with E-state index in [1.165, 1.54) is 4.88 Å². The van der Waals surface area contributed by atoms with Gasteiger partial charge >= 0.3 is 0 Å². The summed E-state index contributed by atoms with van der Waals surface area (Å²) in [5.74, 6) is 0.800. The molecule has 5 heteroatoms. The summed E-state index contributed by atoms with van der Waals surface area (Å²) in [6.45, 7) is 0. The SMILES string of the molecule is Nc1cnc(Cc2cc(Br)cs2)nc1. The molecule has 0 amide bonds. The van der Waals surface area contributed by atoms with Crippen LogP contribution < -0.4 is 5.73 Å². The summed E-state index contributed by atoms with van der Waals surface area (Å²) in [5.41, 5.74) is 6.09. The summed E-state index contributed by atoms with van der Waals surface area (Å²) in [4.78, 5) is 9.51. The summed E-state index contributed by atoms with van der Waals surface area (Å²) >= 11 is 5.10. The van der Waals surface area contributed by atoms with Gasteiger partial charge in [-0.3, -0.25) is 0 Å². The topological polar surface area (TPSA) is 51.8 Å². The molecule has 0 aliphatic carbocycles. The number of hydrogen-bond acceptors (Lipinski definition) is 4. The van der Waals surface area contributed by atoms with Gasteiger partial charge in [0.2, 0.25) is 0 Å². The van der Waals surface area contributed by atoms with Crippen LogP contribution in [-0.4, -0.2) is 9.97 Å². The molecule has 0 saturated carbocycles. The number of hydrogen-bond donors (Lipinski definition) is 1. The lowest BCUT2D eigenvalue weighted by molar-refractivity contribution is 0.983. The highest BCUT2D eigenvalue weighted by atomic mass is 79.9. The predicted molar refractivity (Wildman–Crippen MR) is 61.3 cm³/mol. The van der Waals surface area contributed by atoms with E-state index in [0.717, 1.165) is 16.7 Å². The summed E-state index contributed by atoms with van der Waals surface area (Å²) < 4.78 is 1.10. The molecule has 0 atom stereocenters. The van der Waals surface area contributed by atoms with E-state index in [1.54, 1.807) is 23.7 Å². The molecule has 3 nitrogen and oxygen atoms in total. The lowest BCUT2D eigenvalue weighted by Crippen LogP contribution is -1.96. The number of anilines is 1. The van der Waals surface area contributed by atoms with Crippen molar-refractivity contribution in [3.05, 3.63) is 39.0 Å². The molecule has 2 rings (SSSR count). The molecule has 2 aromatic heterocycles. The zero-order chi connectivity index (χ0) is 9.97. The quantitative estimate of drug-likeness (QED) is 0.912. The van der Waals surface area contributed by atoms with Gasteiger partial charge in [0, 0.05) is 21.2 Å². The van der Waals surface area contributed by atoms with Gasteiger partial charge in [0.15, 0.2) is 0 Å². The lowest BCUT2D eigenvalue weighted by Gasteiger charge is -1.96. The molecule has 0 bridgehead atoms. The van der Waals surface area contributed by atoms with E-state index in [-0.39, 0.29) is 0 Å². The molecule has 14 heavy (non-hydrogen) atoms. The molecule has 0 saturated heterocycles. The number of nitrogens with zero attached hydrogens (tertiary/aromatic N) is 2. The van der Waals surface area contributed by atoms with Crippen molar-refractivity contribution in [2.45, 2.75) is 6.42 Å². The molecule has 0 aliphatic heterocycles. The number of aromatic nitrogens is 2. The molecule has 0 aromatic carbocycles. The molecule has 2 N–H and O–H groups in total. The third-order valence-corrected chi connectivity index (χ3v) is 3.38. The molecule has 2 aromatic rings. The largest absolute Gasteiger partial charge is 0.396 e. The highest BCUT2D eigenvalue weighted by Crippen LogP contribution is 2.21. The molecule has 0 aliphatic rings. The molecule has 0 spiro atoms. The second-order valence-corrected chi connectivity index (χ2v) is 4.75. The zero-order valence-electron chi connectivity index (χ0n) is 7.27. The third-order valence-electron chi connectivity index (χ3n) is 1.68. The maximum atomic E-state index is 5.49. The normalized spacial score (nSPS) is 10.4. The lowest BCUT2D eigenvalue weighted by atomic mass is 10.3. The molecular formula is C9H8BrN3S. The van der Waals surface area contributed by atoms with Gasteiger partial charge in [-0.2, -0.15) is 0 Å². The van der Waals surface area contributed by atoms with Gasteiger partial charge in [-0.05, 0) is 22.0 Å². The zero-order valence-corrected chi connectivity index (χ0v) is 9.68. The van der Waals surface area contributed by atoms with E-state index < -0.39 is 0 Å². The minimum absolute atomic E-state index is 0.598. The van der Waals surface area contributed by atoms with Crippen molar-refractivity contribution in [3.63, 3.8) is 0 Å². The Bertz CT molecular complexity index is 424. The van der Waals surface area contributed by atoms with E-state index in [0.29, 0.717) is 5.69 Å². The van der Waals surface area contributed by atoms with Gasteiger partial charge < -0.3 is 5.73 Å². The van der Waals surface area contributed by atoms with Gasteiger partial charge in [-0.25, -0.2) is 9.97 Å². The Balaban J connectivity index is 2.15. The molecule has 0 fully saturated rings. The van der Waals surface area contributed by atoms with E-state index in [4.69, 9.17) is 5.73 Å². The number of rotatable bonds is 2. The number of nitrogen functional groups attached to an aromatic ring is 1. The fourth-order valence-electron chi connectivity index (χ4n) is 1.06. The van der Waals surface area contributed by atoms with E-state index >= 15 is 0 Å². The summed E-state index contributed by atoms with van der Waals surface area (Å²) in [7, 11) is 0. The maximum absolute atomic E-state index is 5.49. The Hall–Kier alpha value is -0.940. The standard InChI is InChI=1S/C9H8BrN3S/c10-6-1-8(14-5-6)2-9-12-3-7(11)4-13-9/h1,3-5H,2,11H2. The summed E-state index contributed by atoms with van der Waals surface area (Å²) in [6.07, 6.45) is 4.02. The second kappa shape index (κ2) is 4.06. The van der Waals surface area contributed by atoms with Crippen LogP contribution in [0.15, 0.2) is 28.3 Å². The number of halogens is 1. The Morgan fingerprint density at radius 3 is 2.64 bits per heavy atom. The van der Waals surface area contributed by atoms with Gasteiger partial charge in [-0.1, -0.05) is 0 Å². The van der Waals surface area contributed by atoms with Gasteiger partial charge in [0.05, 0.1) is 18.1 Å². The predicted octanol–water partition coefficient (Wildman–Crippen LogP) is 2.47. The van der Waals surface area contributed by atoms with Crippen LogP contribution in [0.1, 0.15) is 10.7 Å². The van der Waals surface area contributed by atoms with Crippen LogP contribution in [-0.2, 0) is 6.42 Å². The Kier molecular flexibility index (Phi) is 2.79. The minimum Gasteiger partial charge on any atom is -0.396 e. The molecular weight excluding hydrogens is 262 g/mol. The van der Waals surface area contributed by atoms with Crippen molar-refractivity contribution in [1.82, 2.24) is 9.97 Å². The Morgan fingerprint density at radius 1 is 1.36 bits per heavy atom. The van der Waals surface area contributed by atoms with Gasteiger partial charge in [-0.15, -0.1) is 11.3 Å². The van der Waals surface area contributed by atoms with Gasteiger partial charge in [0.25, 0.3) is 0 Å². The van der Waals surface area contributed by atoms with Crippen LogP contribution in [0.4, 0.5) is 5.69 Å². The van der Waals surface area contributed by atoms with Crippen LogP contribution in [0.3, 0.4) is 0 Å². The van der Waals surface area contributed by atoms with E-state index in [2.05, 4.69) is 32.0 Å². The van der Waals surface area contributed by atoms with Crippen LogP contribution in [0.5, 0.6) is 0 Å². The number of thiophene rings is 1. The number of nitrogens with two attached hydrogens (primary N) is 1. The van der Waals surface area contributed by atoms with Gasteiger partial charge in [0.1, 0.15) is 5.82 Å². The Labute approximate surface area is 94.1 Å². The van der Waals surface area contributed by atoms with Crippen LogP contribution in [0, 0.1) is 0 Å². The van der Waals surface area contributed by atoms with Crippen molar-refractivity contribution in [3.8, 4) is 0 Å². The molecule has 72 valence electrons. The van der Waals surface area contributed by atoms with Crippen molar-refractivity contribution in [1.29, 1.82) is 0 Å². The van der Waals surface area contributed by atoms with Crippen molar-refractivity contribution in [2.75, 3.05) is 5.73 Å². The average molecular weight is 270 g/mol. The fraction of sp³-hybridized carbons (Fsp3) is 0.111. The second-order valence-electron chi connectivity index (χ2n) is 2.84. The van der Waals surface area contributed by atoms with Crippen LogP contribution in [0.2, 0.25) is 0 Å². The van der Waals surface area contributed by atoms with Crippen molar-refractivity contribution < 1.29 is 0 Å². The first-order chi connectivity index (χ1) is 6.74.